The molecule has 0 aromatic carbocycles. The highest BCUT2D eigenvalue weighted by molar-refractivity contribution is 5.78. The van der Waals surface area contributed by atoms with Crippen LogP contribution in [-0.4, -0.2) is 47.3 Å². The molecule has 0 radical (unpaired) electrons. The molecule has 15 heavy (non-hydrogen) atoms. The van der Waals surface area contributed by atoms with Gasteiger partial charge >= 0.3 is 5.97 Å². The van der Waals surface area contributed by atoms with Gasteiger partial charge in [0.1, 0.15) is 5.54 Å². The maximum atomic E-state index is 11.3. The van der Waals surface area contributed by atoms with Crippen LogP contribution in [0.15, 0.2) is 0 Å². The highest BCUT2D eigenvalue weighted by atomic mass is 16.5. The van der Waals surface area contributed by atoms with E-state index in [1.54, 1.807) is 6.92 Å². The van der Waals surface area contributed by atoms with E-state index in [4.69, 9.17) is 4.74 Å². The van der Waals surface area contributed by atoms with Gasteiger partial charge in [-0.3, -0.25) is 9.69 Å². The van der Waals surface area contributed by atoms with Gasteiger partial charge in [0, 0.05) is 13.1 Å². The van der Waals surface area contributed by atoms with E-state index in [1.165, 1.54) is 0 Å². The third-order valence-corrected chi connectivity index (χ3v) is 3.44. The van der Waals surface area contributed by atoms with Gasteiger partial charge in [-0.05, 0) is 19.8 Å². The summed E-state index contributed by atoms with van der Waals surface area (Å²) < 4.78 is 5.54. The number of rotatable bonds is 4. The van der Waals surface area contributed by atoms with E-state index >= 15 is 0 Å². The Morgan fingerprint density at radius 1 is 1.60 bits per heavy atom. The largest absolute Gasteiger partial charge is 0.480 e. The van der Waals surface area contributed by atoms with Gasteiger partial charge in [-0.15, -0.1) is 0 Å². The molecule has 4 heteroatoms. The van der Waals surface area contributed by atoms with Gasteiger partial charge in [-0.25, -0.2) is 0 Å². The number of morpholine rings is 1. The molecule has 2 unspecified atom stereocenters. The van der Waals surface area contributed by atoms with Gasteiger partial charge in [-0.2, -0.15) is 0 Å². The van der Waals surface area contributed by atoms with Crippen LogP contribution in [0.1, 0.15) is 33.6 Å². The zero-order valence-corrected chi connectivity index (χ0v) is 9.82. The molecular weight excluding hydrogens is 194 g/mol. The minimum absolute atomic E-state index is 0.184. The van der Waals surface area contributed by atoms with Crippen molar-refractivity contribution >= 4 is 5.97 Å². The Balaban J connectivity index is 2.72. The summed E-state index contributed by atoms with van der Waals surface area (Å²) in [7, 11) is 0. The van der Waals surface area contributed by atoms with Crippen molar-refractivity contribution in [3.05, 3.63) is 0 Å². The van der Waals surface area contributed by atoms with Crippen molar-refractivity contribution in [2.75, 3.05) is 19.7 Å². The van der Waals surface area contributed by atoms with Crippen molar-refractivity contribution in [2.45, 2.75) is 45.3 Å². The normalized spacial score (nSPS) is 27.3. The smallest absolute Gasteiger partial charge is 0.323 e. The number of hydrogen-bond acceptors (Lipinski definition) is 3. The molecule has 88 valence electrons. The number of hydrogen-bond donors (Lipinski definition) is 1. The first-order valence-corrected chi connectivity index (χ1v) is 5.64. The molecule has 1 fully saturated rings. The molecule has 0 aromatic rings. The molecule has 0 aliphatic carbocycles. The van der Waals surface area contributed by atoms with Crippen molar-refractivity contribution in [1.29, 1.82) is 0 Å². The molecule has 0 amide bonds. The van der Waals surface area contributed by atoms with E-state index in [1.807, 2.05) is 11.8 Å². The van der Waals surface area contributed by atoms with Crippen molar-refractivity contribution in [3.8, 4) is 0 Å². The van der Waals surface area contributed by atoms with Gasteiger partial charge in [-0.1, -0.05) is 13.8 Å². The quantitative estimate of drug-likeness (QED) is 0.769. The van der Waals surface area contributed by atoms with Crippen molar-refractivity contribution in [3.63, 3.8) is 0 Å². The van der Waals surface area contributed by atoms with E-state index in [9.17, 15) is 9.90 Å². The van der Waals surface area contributed by atoms with E-state index < -0.39 is 11.5 Å². The van der Waals surface area contributed by atoms with Gasteiger partial charge in [0.15, 0.2) is 0 Å². The van der Waals surface area contributed by atoms with Crippen molar-refractivity contribution in [2.24, 2.45) is 0 Å². The number of ether oxygens (including phenoxy) is 1. The van der Waals surface area contributed by atoms with E-state index in [0.29, 0.717) is 19.6 Å². The lowest BCUT2D eigenvalue weighted by molar-refractivity contribution is -0.156. The van der Waals surface area contributed by atoms with Crippen LogP contribution in [-0.2, 0) is 9.53 Å². The topological polar surface area (TPSA) is 49.8 Å². The Morgan fingerprint density at radius 2 is 2.27 bits per heavy atom. The van der Waals surface area contributed by atoms with E-state index in [2.05, 4.69) is 6.92 Å². The van der Waals surface area contributed by atoms with Crippen LogP contribution in [0.4, 0.5) is 0 Å². The highest BCUT2D eigenvalue weighted by Gasteiger charge is 2.39. The first-order chi connectivity index (χ1) is 7.04. The van der Waals surface area contributed by atoms with E-state index in [-0.39, 0.29) is 6.10 Å². The molecule has 0 bridgehead atoms. The monoisotopic (exact) mass is 215 g/mol. The SMILES string of the molecule is CCC1CN(C(C)(CC)C(=O)O)CCO1. The standard InChI is InChI=1S/C11H21NO3/c1-4-9-8-12(6-7-15-9)11(3,5-2)10(13)14/h9H,4-8H2,1-3H3,(H,13,14). The van der Waals surface area contributed by atoms with Crippen molar-refractivity contribution in [1.82, 2.24) is 4.90 Å². The zero-order valence-electron chi connectivity index (χ0n) is 9.82. The molecule has 1 heterocycles. The fraction of sp³-hybridized carbons (Fsp3) is 0.909. The van der Waals surface area contributed by atoms with Gasteiger partial charge in [0.05, 0.1) is 12.7 Å². The number of aliphatic carboxylic acids is 1. The molecule has 1 N–H and O–H groups in total. The van der Waals surface area contributed by atoms with Gasteiger partial charge in [0.25, 0.3) is 0 Å². The third-order valence-electron chi connectivity index (χ3n) is 3.44. The average Bonchev–Trinajstić information content (AvgIpc) is 2.27. The molecule has 1 aliphatic rings. The van der Waals surface area contributed by atoms with Crippen molar-refractivity contribution < 1.29 is 14.6 Å². The second kappa shape index (κ2) is 4.94. The maximum absolute atomic E-state index is 11.3. The predicted octanol–water partition coefficient (Wildman–Crippen LogP) is 1.35. The van der Waals surface area contributed by atoms with E-state index in [0.717, 1.165) is 13.0 Å². The molecule has 4 nitrogen and oxygen atoms in total. The van der Waals surface area contributed by atoms with Crippen LogP contribution < -0.4 is 0 Å². The van der Waals surface area contributed by atoms with Crippen LogP contribution in [0, 0.1) is 0 Å². The zero-order chi connectivity index (χ0) is 11.5. The fourth-order valence-electron chi connectivity index (χ4n) is 1.92. The summed E-state index contributed by atoms with van der Waals surface area (Å²) in [4.78, 5) is 13.3. The maximum Gasteiger partial charge on any atom is 0.323 e. The fourth-order valence-corrected chi connectivity index (χ4v) is 1.92. The molecule has 0 saturated carbocycles. The number of carboxylic acid groups (broad SMARTS) is 1. The van der Waals surface area contributed by atoms with Crippen LogP contribution in [0.2, 0.25) is 0 Å². The Kier molecular flexibility index (Phi) is 4.11. The summed E-state index contributed by atoms with van der Waals surface area (Å²) in [6, 6.07) is 0. The molecule has 1 rings (SSSR count). The Hall–Kier alpha value is -0.610. The Labute approximate surface area is 91.2 Å². The lowest BCUT2D eigenvalue weighted by Crippen LogP contribution is -2.57. The summed E-state index contributed by atoms with van der Waals surface area (Å²) in [6.45, 7) is 7.87. The minimum Gasteiger partial charge on any atom is -0.480 e. The van der Waals surface area contributed by atoms with Crippen LogP contribution in [0.5, 0.6) is 0 Å². The molecule has 1 aliphatic heterocycles. The average molecular weight is 215 g/mol. The summed E-state index contributed by atoms with van der Waals surface area (Å²) in [6.07, 6.45) is 1.75. The summed E-state index contributed by atoms with van der Waals surface area (Å²) in [5, 5.41) is 9.26. The second-order valence-corrected chi connectivity index (χ2v) is 4.28. The van der Waals surface area contributed by atoms with Crippen LogP contribution >= 0.6 is 0 Å². The highest BCUT2D eigenvalue weighted by Crippen LogP contribution is 2.23. The Morgan fingerprint density at radius 3 is 2.73 bits per heavy atom. The predicted molar refractivity (Wildman–Crippen MR) is 57.9 cm³/mol. The molecule has 2 atom stereocenters. The summed E-state index contributed by atoms with van der Waals surface area (Å²) in [5.41, 5.74) is -0.739. The first kappa shape index (κ1) is 12.5. The minimum atomic E-state index is -0.739. The second-order valence-electron chi connectivity index (χ2n) is 4.28. The first-order valence-electron chi connectivity index (χ1n) is 5.64. The number of carbonyl (C=O) groups is 1. The van der Waals surface area contributed by atoms with Crippen LogP contribution in [0.25, 0.3) is 0 Å². The lowest BCUT2D eigenvalue weighted by Gasteiger charge is -2.42. The summed E-state index contributed by atoms with van der Waals surface area (Å²) >= 11 is 0. The number of carboxylic acids is 1. The van der Waals surface area contributed by atoms with Gasteiger partial charge in [0.2, 0.25) is 0 Å². The molecule has 0 aromatic heterocycles. The Bertz CT molecular complexity index is 232. The number of nitrogens with zero attached hydrogens (tertiary/aromatic N) is 1. The molecule has 0 spiro atoms. The third kappa shape index (κ3) is 2.49. The van der Waals surface area contributed by atoms with Crippen LogP contribution in [0.3, 0.4) is 0 Å². The lowest BCUT2D eigenvalue weighted by atomic mass is 9.95. The molecule has 1 saturated heterocycles. The summed E-state index contributed by atoms with van der Waals surface area (Å²) in [5.74, 6) is -0.734. The van der Waals surface area contributed by atoms with Gasteiger partial charge < -0.3 is 9.84 Å². The molecular formula is C11H21NO3.